The first-order chi connectivity index (χ1) is 10.2. The molecule has 0 radical (unpaired) electrons. The van der Waals surface area contributed by atoms with Gasteiger partial charge in [0.25, 0.3) is 5.56 Å². The molecule has 0 bridgehead atoms. The summed E-state index contributed by atoms with van der Waals surface area (Å²) in [6.45, 7) is 0.920. The molecule has 0 spiro atoms. The molecule has 0 saturated heterocycles. The highest BCUT2D eigenvalue weighted by atomic mass is 35.5. The average Bonchev–Trinajstić information content (AvgIpc) is 2.48. The highest BCUT2D eigenvalue weighted by molar-refractivity contribution is 6.31. The average molecular weight is 305 g/mol. The van der Waals surface area contributed by atoms with Crippen LogP contribution in [0.25, 0.3) is 0 Å². The number of hydrogen-bond acceptors (Lipinski definition) is 2. The summed E-state index contributed by atoms with van der Waals surface area (Å²) in [4.78, 5) is 23.2. The Bertz CT molecular complexity index is 667. The maximum absolute atomic E-state index is 11.7. The monoisotopic (exact) mass is 304 g/mol. The number of pyridine rings is 1. The zero-order chi connectivity index (χ0) is 15.1. The Morgan fingerprint density at radius 1 is 1.14 bits per heavy atom. The number of hydrogen-bond donors (Lipinski definition) is 1. The third kappa shape index (κ3) is 4.76. The molecular weight excluding hydrogens is 288 g/mol. The molecule has 0 unspecified atom stereocenters. The second kappa shape index (κ2) is 7.64. The van der Waals surface area contributed by atoms with Crippen molar-refractivity contribution >= 4 is 17.5 Å². The molecule has 1 aromatic carbocycles. The first-order valence-corrected chi connectivity index (χ1v) is 7.20. The predicted octanol–water partition coefficient (Wildman–Crippen LogP) is 2.25. The summed E-state index contributed by atoms with van der Waals surface area (Å²) < 4.78 is 1.52. The Morgan fingerprint density at radius 2 is 1.90 bits per heavy atom. The Kier molecular flexibility index (Phi) is 5.58. The van der Waals surface area contributed by atoms with Crippen molar-refractivity contribution in [2.75, 3.05) is 6.54 Å². The van der Waals surface area contributed by atoms with Crippen molar-refractivity contribution < 1.29 is 4.79 Å². The number of amides is 1. The Hall–Kier alpha value is -2.07. The fourth-order valence-corrected chi connectivity index (χ4v) is 2.22. The SMILES string of the molecule is O=C(CCn1ccccc1=O)NCCc1ccccc1Cl. The molecule has 1 heterocycles. The molecular formula is C16H17ClN2O2. The van der Waals surface area contributed by atoms with Crippen molar-refractivity contribution in [2.45, 2.75) is 19.4 Å². The number of aryl methyl sites for hydroxylation is 1. The van der Waals surface area contributed by atoms with Crippen molar-refractivity contribution in [3.8, 4) is 0 Å². The van der Waals surface area contributed by atoms with Gasteiger partial charge in [0.15, 0.2) is 0 Å². The molecule has 4 nitrogen and oxygen atoms in total. The third-order valence-corrected chi connectivity index (χ3v) is 3.52. The van der Waals surface area contributed by atoms with E-state index in [0.29, 0.717) is 24.5 Å². The lowest BCUT2D eigenvalue weighted by atomic mass is 10.1. The van der Waals surface area contributed by atoms with Crippen LogP contribution in [0.1, 0.15) is 12.0 Å². The van der Waals surface area contributed by atoms with Crippen molar-refractivity contribution in [3.05, 3.63) is 69.6 Å². The molecule has 5 heteroatoms. The van der Waals surface area contributed by atoms with Crippen molar-refractivity contribution in [1.29, 1.82) is 0 Å². The molecule has 1 N–H and O–H groups in total. The summed E-state index contributed by atoms with van der Waals surface area (Å²) in [6, 6.07) is 12.5. The highest BCUT2D eigenvalue weighted by Gasteiger charge is 2.03. The van der Waals surface area contributed by atoms with Gasteiger partial charge in [-0.3, -0.25) is 9.59 Å². The molecule has 21 heavy (non-hydrogen) atoms. The number of rotatable bonds is 6. The largest absolute Gasteiger partial charge is 0.356 e. The fraction of sp³-hybridized carbons (Fsp3) is 0.250. The standard InChI is InChI=1S/C16H17ClN2O2/c17-14-6-2-1-5-13(14)8-10-18-15(20)9-12-19-11-4-3-7-16(19)21/h1-7,11H,8-10,12H2,(H,18,20). The maximum Gasteiger partial charge on any atom is 0.250 e. The first-order valence-electron chi connectivity index (χ1n) is 6.82. The van der Waals surface area contributed by atoms with Crippen LogP contribution >= 0.6 is 11.6 Å². The van der Waals surface area contributed by atoms with E-state index in [9.17, 15) is 9.59 Å². The van der Waals surface area contributed by atoms with Crippen LogP contribution < -0.4 is 10.9 Å². The first kappa shape index (κ1) is 15.3. The highest BCUT2D eigenvalue weighted by Crippen LogP contribution is 2.14. The van der Waals surface area contributed by atoms with E-state index in [4.69, 9.17) is 11.6 Å². The van der Waals surface area contributed by atoms with Gasteiger partial charge in [-0.1, -0.05) is 35.9 Å². The zero-order valence-corrected chi connectivity index (χ0v) is 12.3. The normalized spacial score (nSPS) is 10.3. The Labute approximate surface area is 128 Å². The number of halogens is 1. The molecule has 0 saturated carbocycles. The van der Waals surface area contributed by atoms with E-state index < -0.39 is 0 Å². The molecule has 1 aromatic heterocycles. The zero-order valence-electron chi connectivity index (χ0n) is 11.6. The molecule has 0 aliphatic heterocycles. The molecule has 0 aliphatic carbocycles. The lowest BCUT2D eigenvalue weighted by Crippen LogP contribution is -2.28. The van der Waals surface area contributed by atoms with E-state index in [1.165, 1.54) is 10.6 Å². The minimum atomic E-state index is -0.0960. The van der Waals surface area contributed by atoms with E-state index in [1.807, 2.05) is 24.3 Å². The van der Waals surface area contributed by atoms with Gasteiger partial charge in [0.1, 0.15) is 0 Å². The summed E-state index contributed by atoms with van der Waals surface area (Å²) in [7, 11) is 0. The molecule has 2 aromatic rings. The fourth-order valence-electron chi connectivity index (χ4n) is 1.99. The molecule has 110 valence electrons. The topological polar surface area (TPSA) is 51.1 Å². The molecule has 1 amide bonds. The van der Waals surface area contributed by atoms with E-state index >= 15 is 0 Å². The van der Waals surface area contributed by atoms with Crippen LogP contribution in [-0.4, -0.2) is 17.0 Å². The number of carbonyl (C=O) groups is 1. The van der Waals surface area contributed by atoms with Crippen LogP contribution in [0.15, 0.2) is 53.5 Å². The van der Waals surface area contributed by atoms with Gasteiger partial charge >= 0.3 is 0 Å². The van der Waals surface area contributed by atoms with Crippen LogP contribution in [-0.2, 0) is 17.8 Å². The van der Waals surface area contributed by atoms with Crippen LogP contribution in [0.2, 0.25) is 5.02 Å². The van der Waals surface area contributed by atoms with Crippen LogP contribution in [0.4, 0.5) is 0 Å². The van der Waals surface area contributed by atoms with Gasteiger partial charge in [0, 0.05) is 36.8 Å². The van der Waals surface area contributed by atoms with E-state index in [-0.39, 0.29) is 17.9 Å². The molecule has 2 rings (SSSR count). The molecule has 0 aliphatic rings. The van der Waals surface area contributed by atoms with Crippen LogP contribution in [0, 0.1) is 0 Å². The summed E-state index contributed by atoms with van der Waals surface area (Å²) in [5.74, 6) is -0.0715. The summed E-state index contributed by atoms with van der Waals surface area (Å²) in [5.41, 5.74) is 0.917. The molecule has 0 atom stereocenters. The number of benzene rings is 1. The van der Waals surface area contributed by atoms with E-state index in [1.54, 1.807) is 18.3 Å². The Morgan fingerprint density at radius 3 is 2.67 bits per heavy atom. The quantitative estimate of drug-likeness (QED) is 0.890. The summed E-state index contributed by atoms with van der Waals surface area (Å²) in [6.07, 6.45) is 2.66. The van der Waals surface area contributed by atoms with Gasteiger partial charge in [-0.25, -0.2) is 0 Å². The van der Waals surface area contributed by atoms with Crippen LogP contribution in [0.5, 0.6) is 0 Å². The molecule has 0 fully saturated rings. The van der Waals surface area contributed by atoms with Crippen LogP contribution in [0.3, 0.4) is 0 Å². The number of carbonyl (C=O) groups excluding carboxylic acids is 1. The number of aromatic nitrogens is 1. The second-order valence-electron chi connectivity index (χ2n) is 4.67. The second-order valence-corrected chi connectivity index (χ2v) is 5.08. The minimum Gasteiger partial charge on any atom is -0.356 e. The van der Waals surface area contributed by atoms with Gasteiger partial charge < -0.3 is 9.88 Å². The number of nitrogens with zero attached hydrogens (tertiary/aromatic N) is 1. The summed E-state index contributed by atoms with van der Waals surface area (Å²) in [5, 5.41) is 3.55. The predicted molar refractivity (Wildman–Crippen MR) is 83.5 cm³/mol. The minimum absolute atomic E-state index is 0.0715. The van der Waals surface area contributed by atoms with Gasteiger partial charge in [-0.05, 0) is 24.1 Å². The lowest BCUT2D eigenvalue weighted by molar-refractivity contribution is -0.121. The van der Waals surface area contributed by atoms with Crippen molar-refractivity contribution in [1.82, 2.24) is 9.88 Å². The summed E-state index contributed by atoms with van der Waals surface area (Å²) >= 11 is 6.05. The van der Waals surface area contributed by atoms with E-state index in [0.717, 1.165) is 5.56 Å². The van der Waals surface area contributed by atoms with Gasteiger partial charge in [-0.2, -0.15) is 0 Å². The van der Waals surface area contributed by atoms with Gasteiger partial charge in [-0.15, -0.1) is 0 Å². The number of nitrogens with one attached hydrogen (secondary N) is 1. The van der Waals surface area contributed by atoms with Gasteiger partial charge in [0.2, 0.25) is 5.91 Å². The van der Waals surface area contributed by atoms with Crippen molar-refractivity contribution in [2.24, 2.45) is 0 Å². The lowest BCUT2D eigenvalue weighted by Gasteiger charge is -2.07. The van der Waals surface area contributed by atoms with Crippen molar-refractivity contribution in [3.63, 3.8) is 0 Å². The Balaban J connectivity index is 1.74. The smallest absolute Gasteiger partial charge is 0.250 e. The van der Waals surface area contributed by atoms with Gasteiger partial charge in [0.05, 0.1) is 0 Å². The maximum atomic E-state index is 11.7. The van der Waals surface area contributed by atoms with E-state index in [2.05, 4.69) is 5.32 Å². The third-order valence-electron chi connectivity index (χ3n) is 3.15.